The SMILES string of the molecule is CC[C@H](C)NC(=O)[C@@H]1CSCN1C(=O)Cc1c[nH]c2ccccc12. The molecule has 2 atom stereocenters. The van der Waals surface area contributed by atoms with E-state index in [-0.39, 0.29) is 23.9 Å². The van der Waals surface area contributed by atoms with Crippen LogP contribution in [0.5, 0.6) is 0 Å². The summed E-state index contributed by atoms with van der Waals surface area (Å²) in [5.41, 5.74) is 2.01. The van der Waals surface area contributed by atoms with Gasteiger partial charge in [0.2, 0.25) is 11.8 Å². The number of nitrogens with one attached hydrogen (secondary N) is 2. The third-order valence-electron chi connectivity index (χ3n) is 4.52. The number of thioether (sulfide) groups is 1. The van der Waals surface area contributed by atoms with E-state index in [0.29, 0.717) is 18.1 Å². The lowest BCUT2D eigenvalue weighted by atomic mass is 10.1. The second-order valence-corrected chi connectivity index (χ2v) is 7.23. The number of nitrogens with zero attached hydrogens (tertiary/aromatic N) is 1. The summed E-state index contributed by atoms with van der Waals surface area (Å²) in [5, 5.41) is 4.06. The van der Waals surface area contributed by atoms with Gasteiger partial charge in [-0.1, -0.05) is 25.1 Å². The molecule has 2 aromatic rings. The van der Waals surface area contributed by atoms with Crippen molar-refractivity contribution < 1.29 is 9.59 Å². The number of amides is 2. The van der Waals surface area contributed by atoms with E-state index in [0.717, 1.165) is 22.9 Å². The first-order valence-corrected chi connectivity index (χ1v) is 9.48. The van der Waals surface area contributed by atoms with Crippen LogP contribution in [0, 0.1) is 0 Å². The highest BCUT2D eigenvalue weighted by Gasteiger charge is 2.34. The normalized spacial score (nSPS) is 18.8. The predicted octanol–water partition coefficient (Wildman–Crippen LogP) is 2.53. The molecule has 0 bridgehead atoms. The van der Waals surface area contributed by atoms with Gasteiger partial charge in [0.25, 0.3) is 0 Å². The number of benzene rings is 1. The Morgan fingerprint density at radius 3 is 3.00 bits per heavy atom. The van der Waals surface area contributed by atoms with Crippen molar-refractivity contribution in [1.82, 2.24) is 15.2 Å². The minimum absolute atomic E-state index is 0.00838. The Kier molecular flexibility index (Phi) is 5.14. The lowest BCUT2D eigenvalue weighted by Crippen LogP contribution is -2.49. The number of hydrogen-bond donors (Lipinski definition) is 2. The zero-order valence-electron chi connectivity index (χ0n) is 14.0. The Bertz CT molecular complexity index is 743. The lowest BCUT2D eigenvalue weighted by molar-refractivity contribution is -0.137. The second kappa shape index (κ2) is 7.30. The number of carbonyl (C=O) groups excluding carboxylic acids is 2. The van der Waals surface area contributed by atoms with Crippen LogP contribution in [0.3, 0.4) is 0 Å². The number of H-pyrrole nitrogens is 1. The van der Waals surface area contributed by atoms with Crippen molar-refractivity contribution >= 4 is 34.5 Å². The van der Waals surface area contributed by atoms with Crippen molar-refractivity contribution in [1.29, 1.82) is 0 Å². The van der Waals surface area contributed by atoms with Gasteiger partial charge in [-0.15, -0.1) is 11.8 Å². The number of hydrogen-bond acceptors (Lipinski definition) is 3. The van der Waals surface area contributed by atoms with Crippen LogP contribution in [0.2, 0.25) is 0 Å². The molecule has 5 nitrogen and oxygen atoms in total. The maximum absolute atomic E-state index is 12.7. The van der Waals surface area contributed by atoms with Crippen molar-refractivity contribution in [3.05, 3.63) is 36.0 Å². The summed E-state index contributed by atoms with van der Waals surface area (Å²) in [6.07, 6.45) is 3.09. The highest BCUT2D eigenvalue weighted by atomic mass is 32.2. The molecular weight excluding hydrogens is 322 g/mol. The van der Waals surface area contributed by atoms with E-state index in [1.165, 1.54) is 0 Å². The van der Waals surface area contributed by atoms with E-state index in [4.69, 9.17) is 0 Å². The third kappa shape index (κ3) is 3.43. The maximum atomic E-state index is 12.7. The summed E-state index contributed by atoms with van der Waals surface area (Å²) in [5.74, 6) is 1.22. The zero-order chi connectivity index (χ0) is 17.1. The number of para-hydroxylation sites is 1. The van der Waals surface area contributed by atoms with E-state index in [9.17, 15) is 9.59 Å². The topological polar surface area (TPSA) is 65.2 Å². The van der Waals surface area contributed by atoms with Crippen molar-refractivity contribution in [2.24, 2.45) is 0 Å². The lowest BCUT2D eigenvalue weighted by Gasteiger charge is -2.24. The van der Waals surface area contributed by atoms with Crippen LogP contribution in [-0.4, -0.2) is 45.4 Å². The van der Waals surface area contributed by atoms with Crippen LogP contribution in [0.15, 0.2) is 30.5 Å². The summed E-state index contributed by atoms with van der Waals surface area (Å²) < 4.78 is 0. The first kappa shape index (κ1) is 16.9. The molecule has 2 amide bonds. The van der Waals surface area contributed by atoms with Crippen molar-refractivity contribution in [2.45, 2.75) is 38.8 Å². The number of aromatic nitrogens is 1. The van der Waals surface area contributed by atoms with Gasteiger partial charge < -0.3 is 15.2 Å². The van der Waals surface area contributed by atoms with Gasteiger partial charge >= 0.3 is 0 Å². The molecule has 2 N–H and O–H groups in total. The van der Waals surface area contributed by atoms with Crippen molar-refractivity contribution in [3.63, 3.8) is 0 Å². The maximum Gasteiger partial charge on any atom is 0.243 e. The van der Waals surface area contributed by atoms with Crippen LogP contribution in [0.4, 0.5) is 0 Å². The quantitative estimate of drug-likeness (QED) is 0.875. The van der Waals surface area contributed by atoms with Gasteiger partial charge in [-0.25, -0.2) is 0 Å². The van der Waals surface area contributed by atoms with Crippen molar-refractivity contribution in [3.8, 4) is 0 Å². The van der Waals surface area contributed by atoms with E-state index in [2.05, 4.69) is 10.3 Å². The van der Waals surface area contributed by atoms with Crippen LogP contribution in [0.25, 0.3) is 10.9 Å². The molecule has 1 aromatic carbocycles. The minimum atomic E-state index is -0.360. The van der Waals surface area contributed by atoms with Crippen LogP contribution in [-0.2, 0) is 16.0 Å². The molecule has 1 aliphatic heterocycles. The molecule has 1 aromatic heterocycles. The summed E-state index contributed by atoms with van der Waals surface area (Å²) in [6, 6.07) is 7.72. The largest absolute Gasteiger partial charge is 0.361 e. The van der Waals surface area contributed by atoms with Gasteiger partial charge in [-0.05, 0) is 25.0 Å². The molecule has 1 aliphatic rings. The summed E-state index contributed by atoms with van der Waals surface area (Å²) in [7, 11) is 0. The fraction of sp³-hybridized carbons (Fsp3) is 0.444. The molecule has 128 valence electrons. The Morgan fingerprint density at radius 2 is 2.21 bits per heavy atom. The molecule has 0 radical (unpaired) electrons. The Morgan fingerprint density at radius 1 is 1.42 bits per heavy atom. The van der Waals surface area contributed by atoms with E-state index in [1.807, 2.05) is 44.3 Å². The third-order valence-corrected chi connectivity index (χ3v) is 5.54. The second-order valence-electron chi connectivity index (χ2n) is 6.23. The van der Waals surface area contributed by atoms with Gasteiger partial charge in [0.1, 0.15) is 6.04 Å². The highest BCUT2D eigenvalue weighted by Crippen LogP contribution is 2.24. The molecule has 0 unspecified atom stereocenters. The Balaban J connectivity index is 1.70. The van der Waals surface area contributed by atoms with Crippen LogP contribution < -0.4 is 5.32 Å². The molecule has 1 saturated heterocycles. The zero-order valence-corrected chi connectivity index (χ0v) is 14.9. The fourth-order valence-electron chi connectivity index (χ4n) is 2.89. The first-order chi connectivity index (χ1) is 11.6. The van der Waals surface area contributed by atoms with Gasteiger partial charge in [0.05, 0.1) is 12.3 Å². The standard InChI is InChI=1S/C18H23N3O2S/c1-3-12(2)20-18(23)16-10-24-11-21(16)17(22)8-13-9-19-15-7-5-4-6-14(13)15/h4-7,9,12,16,19H,3,8,10-11H2,1-2H3,(H,20,23)/t12-,16-/m0/s1. The monoisotopic (exact) mass is 345 g/mol. The van der Waals surface area contributed by atoms with E-state index in [1.54, 1.807) is 16.7 Å². The summed E-state index contributed by atoms with van der Waals surface area (Å²) in [4.78, 5) is 30.1. The molecule has 0 aliphatic carbocycles. The van der Waals surface area contributed by atoms with Gasteiger partial charge in [0.15, 0.2) is 0 Å². The number of aromatic amines is 1. The summed E-state index contributed by atoms with van der Waals surface area (Å²) >= 11 is 1.63. The van der Waals surface area contributed by atoms with Crippen molar-refractivity contribution in [2.75, 3.05) is 11.6 Å². The Labute approximate surface area is 146 Å². The predicted molar refractivity (Wildman–Crippen MR) is 97.9 cm³/mol. The van der Waals surface area contributed by atoms with Gasteiger partial charge in [-0.3, -0.25) is 9.59 Å². The summed E-state index contributed by atoms with van der Waals surface area (Å²) in [6.45, 7) is 4.02. The van der Waals surface area contributed by atoms with E-state index < -0.39 is 0 Å². The molecule has 0 saturated carbocycles. The van der Waals surface area contributed by atoms with E-state index >= 15 is 0 Å². The Hall–Kier alpha value is -1.95. The molecule has 6 heteroatoms. The van der Waals surface area contributed by atoms with Gasteiger partial charge in [-0.2, -0.15) is 0 Å². The number of rotatable bonds is 5. The number of fused-ring (bicyclic) bond motifs is 1. The molecular formula is C18H23N3O2S. The van der Waals surface area contributed by atoms with Crippen LogP contribution >= 0.6 is 11.8 Å². The minimum Gasteiger partial charge on any atom is -0.361 e. The average Bonchev–Trinajstić information content (AvgIpc) is 3.22. The molecule has 24 heavy (non-hydrogen) atoms. The average molecular weight is 345 g/mol. The molecule has 3 rings (SSSR count). The van der Waals surface area contributed by atoms with Gasteiger partial charge in [0, 0.05) is 28.9 Å². The van der Waals surface area contributed by atoms with Crippen LogP contribution in [0.1, 0.15) is 25.8 Å². The number of carbonyl (C=O) groups is 2. The smallest absolute Gasteiger partial charge is 0.243 e. The molecule has 0 spiro atoms. The molecule has 1 fully saturated rings. The highest BCUT2D eigenvalue weighted by molar-refractivity contribution is 7.99. The molecule has 2 heterocycles. The first-order valence-electron chi connectivity index (χ1n) is 8.32. The fourth-order valence-corrected chi connectivity index (χ4v) is 4.07.